The first kappa shape index (κ1) is 16.8. The number of anilines is 1. The van der Waals surface area contributed by atoms with Gasteiger partial charge in [-0.05, 0) is 50.1 Å². The van der Waals surface area contributed by atoms with Gasteiger partial charge in [0.1, 0.15) is 5.69 Å². The summed E-state index contributed by atoms with van der Waals surface area (Å²) in [4.78, 5) is 27.6. The fraction of sp³-hybridized carbons (Fsp3) is 0.200. The lowest BCUT2D eigenvalue weighted by Gasteiger charge is -2.14. The van der Waals surface area contributed by atoms with Crippen LogP contribution in [0.1, 0.15) is 28.5 Å². The van der Waals surface area contributed by atoms with Gasteiger partial charge in [-0.1, -0.05) is 30.3 Å². The summed E-state index contributed by atoms with van der Waals surface area (Å²) in [6, 6.07) is 15.1. The molecule has 0 aliphatic carbocycles. The number of amides is 1. The Balaban J connectivity index is 1.68. The molecule has 0 bridgehead atoms. The number of aryl methyl sites for hydroxylation is 2. The molecular weight excluding hydrogens is 316 g/mol. The molecule has 25 heavy (non-hydrogen) atoms. The Morgan fingerprint density at radius 2 is 1.84 bits per heavy atom. The van der Waals surface area contributed by atoms with E-state index in [1.165, 1.54) is 0 Å². The van der Waals surface area contributed by atoms with Crippen molar-refractivity contribution in [2.24, 2.45) is 0 Å². The lowest BCUT2D eigenvalue weighted by Crippen LogP contribution is -2.30. The van der Waals surface area contributed by atoms with E-state index in [2.05, 4.69) is 10.3 Å². The van der Waals surface area contributed by atoms with Crippen molar-refractivity contribution in [1.29, 1.82) is 0 Å². The van der Waals surface area contributed by atoms with Gasteiger partial charge >= 0.3 is 5.97 Å². The highest BCUT2D eigenvalue weighted by molar-refractivity contribution is 5.99. The van der Waals surface area contributed by atoms with Gasteiger partial charge in [0.05, 0.1) is 0 Å². The standard InChI is InChI=1S/C20H20N2O3/c1-12-8-9-13(2)17(10-12)22-19(23)14(3)25-20(24)18-11-15-6-4-5-7-16(15)21-18/h4-11,14,21H,1-3H3,(H,22,23)/t14-/m1/s1. The van der Waals surface area contributed by atoms with Crippen LogP contribution in [0.5, 0.6) is 0 Å². The number of hydrogen-bond donors (Lipinski definition) is 2. The zero-order valence-corrected chi connectivity index (χ0v) is 14.4. The SMILES string of the molecule is Cc1ccc(C)c(NC(=O)[C@@H](C)OC(=O)c2cc3ccccc3[nH]2)c1. The summed E-state index contributed by atoms with van der Waals surface area (Å²) in [5.41, 5.74) is 3.89. The molecule has 0 aliphatic heterocycles. The van der Waals surface area contributed by atoms with Gasteiger partial charge in [-0.2, -0.15) is 0 Å². The number of ether oxygens (including phenoxy) is 1. The normalized spacial score (nSPS) is 12.0. The van der Waals surface area contributed by atoms with Crippen LogP contribution in [-0.2, 0) is 9.53 Å². The molecule has 1 atom stereocenters. The van der Waals surface area contributed by atoms with Crippen molar-refractivity contribution in [3.05, 3.63) is 65.4 Å². The van der Waals surface area contributed by atoms with Crippen molar-refractivity contribution in [1.82, 2.24) is 4.98 Å². The van der Waals surface area contributed by atoms with E-state index in [0.717, 1.165) is 27.7 Å². The molecule has 0 radical (unpaired) electrons. The van der Waals surface area contributed by atoms with Crippen molar-refractivity contribution in [3.63, 3.8) is 0 Å². The predicted octanol–water partition coefficient (Wildman–Crippen LogP) is 3.97. The maximum absolute atomic E-state index is 12.3. The van der Waals surface area contributed by atoms with Crippen LogP contribution in [0, 0.1) is 13.8 Å². The third kappa shape index (κ3) is 3.71. The van der Waals surface area contributed by atoms with Gasteiger partial charge < -0.3 is 15.0 Å². The number of aromatic amines is 1. The van der Waals surface area contributed by atoms with Crippen LogP contribution in [0.3, 0.4) is 0 Å². The molecule has 0 spiro atoms. The van der Waals surface area contributed by atoms with E-state index in [1.807, 2.05) is 56.3 Å². The van der Waals surface area contributed by atoms with E-state index in [0.29, 0.717) is 5.69 Å². The first-order valence-electron chi connectivity index (χ1n) is 8.11. The van der Waals surface area contributed by atoms with E-state index >= 15 is 0 Å². The summed E-state index contributed by atoms with van der Waals surface area (Å²) in [6.07, 6.45) is -0.904. The third-order valence-corrected chi connectivity index (χ3v) is 4.05. The van der Waals surface area contributed by atoms with Crippen molar-refractivity contribution in [3.8, 4) is 0 Å². The summed E-state index contributed by atoms with van der Waals surface area (Å²) in [7, 11) is 0. The Morgan fingerprint density at radius 1 is 1.08 bits per heavy atom. The number of nitrogens with one attached hydrogen (secondary N) is 2. The van der Waals surface area contributed by atoms with Gasteiger partial charge in [-0.25, -0.2) is 4.79 Å². The number of hydrogen-bond acceptors (Lipinski definition) is 3. The molecule has 0 unspecified atom stereocenters. The molecule has 3 aromatic rings. The maximum atomic E-state index is 12.3. The number of para-hydroxylation sites is 1. The summed E-state index contributed by atoms with van der Waals surface area (Å²) in [5.74, 6) is -0.919. The van der Waals surface area contributed by atoms with E-state index < -0.39 is 12.1 Å². The van der Waals surface area contributed by atoms with Gasteiger partial charge in [0.15, 0.2) is 6.10 Å². The lowest BCUT2D eigenvalue weighted by atomic mass is 10.1. The topological polar surface area (TPSA) is 71.2 Å². The lowest BCUT2D eigenvalue weighted by molar-refractivity contribution is -0.123. The molecule has 0 aliphatic rings. The van der Waals surface area contributed by atoms with Gasteiger partial charge in [0.25, 0.3) is 5.91 Å². The number of H-pyrrole nitrogens is 1. The molecule has 1 aromatic heterocycles. The van der Waals surface area contributed by atoms with Crippen molar-refractivity contribution in [2.45, 2.75) is 26.9 Å². The quantitative estimate of drug-likeness (QED) is 0.708. The average Bonchev–Trinajstić information content (AvgIpc) is 3.02. The number of benzene rings is 2. The smallest absolute Gasteiger partial charge is 0.355 e. The zero-order chi connectivity index (χ0) is 18.0. The molecule has 0 fully saturated rings. The number of aromatic nitrogens is 1. The van der Waals surface area contributed by atoms with Gasteiger partial charge in [-0.15, -0.1) is 0 Å². The summed E-state index contributed by atoms with van der Waals surface area (Å²) < 4.78 is 5.29. The summed E-state index contributed by atoms with van der Waals surface area (Å²) >= 11 is 0. The molecule has 2 aromatic carbocycles. The van der Waals surface area contributed by atoms with Crippen LogP contribution >= 0.6 is 0 Å². The second-order valence-corrected chi connectivity index (χ2v) is 6.13. The second-order valence-electron chi connectivity index (χ2n) is 6.13. The number of fused-ring (bicyclic) bond motifs is 1. The molecule has 2 N–H and O–H groups in total. The maximum Gasteiger partial charge on any atom is 0.355 e. The Hall–Kier alpha value is -3.08. The minimum atomic E-state index is -0.904. The van der Waals surface area contributed by atoms with Crippen LogP contribution in [-0.4, -0.2) is 23.0 Å². The van der Waals surface area contributed by atoms with Gasteiger partial charge in [0.2, 0.25) is 0 Å². The first-order chi connectivity index (χ1) is 11.9. The van der Waals surface area contributed by atoms with Crippen LogP contribution in [0.4, 0.5) is 5.69 Å². The van der Waals surface area contributed by atoms with Crippen molar-refractivity contribution < 1.29 is 14.3 Å². The zero-order valence-electron chi connectivity index (χ0n) is 14.4. The Kier molecular flexibility index (Phi) is 4.57. The Labute approximate surface area is 146 Å². The fourth-order valence-corrected chi connectivity index (χ4v) is 2.57. The molecule has 0 saturated heterocycles. The van der Waals surface area contributed by atoms with E-state index in [9.17, 15) is 9.59 Å². The van der Waals surface area contributed by atoms with Crippen molar-refractivity contribution >= 4 is 28.5 Å². The van der Waals surface area contributed by atoms with Crippen LogP contribution < -0.4 is 5.32 Å². The second kappa shape index (κ2) is 6.81. The summed E-state index contributed by atoms with van der Waals surface area (Å²) in [5, 5.41) is 3.73. The van der Waals surface area contributed by atoms with E-state index in [4.69, 9.17) is 4.74 Å². The van der Waals surface area contributed by atoms with Gasteiger partial charge in [-0.3, -0.25) is 4.79 Å². The molecule has 3 rings (SSSR count). The number of carbonyl (C=O) groups excluding carboxylic acids is 2. The highest BCUT2D eigenvalue weighted by Gasteiger charge is 2.20. The molecular formula is C20H20N2O3. The minimum Gasteiger partial charge on any atom is -0.448 e. The molecule has 1 amide bonds. The Bertz CT molecular complexity index is 910. The summed E-state index contributed by atoms with van der Waals surface area (Å²) in [6.45, 7) is 5.42. The first-order valence-corrected chi connectivity index (χ1v) is 8.11. The molecule has 5 nitrogen and oxygen atoms in total. The van der Waals surface area contributed by atoms with Crippen LogP contribution in [0.2, 0.25) is 0 Å². The highest BCUT2D eigenvalue weighted by atomic mass is 16.5. The predicted molar refractivity (Wildman–Crippen MR) is 97.7 cm³/mol. The van der Waals surface area contributed by atoms with Gasteiger partial charge in [0, 0.05) is 16.6 Å². The molecule has 1 heterocycles. The van der Waals surface area contributed by atoms with Crippen LogP contribution in [0.15, 0.2) is 48.5 Å². The number of carbonyl (C=O) groups is 2. The number of esters is 1. The van der Waals surface area contributed by atoms with Crippen molar-refractivity contribution in [2.75, 3.05) is 5.32 Å². The molecule has 5 heteroatoms. The van der Waals surface area contributed by atoms with Crippen LogP contribution in [0.25, 0.3) is 10.9 Å². The van der Waals surface area contributed by atoms with E-state index in [-0.39, 0.29) is 5.91 Å². The monoisotopic (exact) mass is 336 g/mol. The number of rotatable bonds is 4. The average molecular weight is 336 g/mol. The van der Waals surface area contributed by atoms with E-state index in [1.54, 1.807) is 13.0 Å². The fourth-order valence-electron chi connectivity index (χ4n) is 2.57. The largest absolute Gasteiger partial charge is 0.448 e. The molecule has 0 saturated carbocycles. The minimum absolute atomic E-state index is 0.326. The third-order valence-electron chi connectivity index (χ3n) is 4.05. The highest BCUT2D eigenvalue weighted by Crippen LogP contribution is 2.18. The molecule has 128 valence electrons. The Morgan fingerprint density at radius 3 is 2.60 bits per heavy atom.